The van der Waals surface area contributed by atoms with E-state index in [4.69, 9.17) is 14.2 Å². The molecule has 0 bridgehead atoms. The third-order valence-corrected chi connectivity index (χ3v) is 6.35. The zero-order valence-electron chi connectivity index (χ0n) is 21.9. The molecule has 1 N–H and O–H groups in total. The topological polar surface area (TPSA) is 103 Å². The minimum Gasteiger partial charge on any atom is -0.494 e. The third kappa shape index (κ3) is 5.46. The number of benzene rings is 2. The van der Waals surface area contributed by atoms with Crippen LogP contribution in [0, 0.1) is 0 Å². The lowest BCUT2D eigenvalue weighted by atomic mass is 9.99. The molecule has 1 aliphatic heterocycles. The number of carbonyl (C=O) groups excluding carboxylic acids is 1. The summed E-state index contributed by atoms with van der Waals surface area (Å²) < 4.78 is 18.2. The van der Waals surface area contributed by atoms with Crippen molar-refractivity contribution >= 4 is 5.91 Å². The average Bonchev–Trinajstić information content (AvgIpc) is 3.37. The molecule has 9 heteroatoms. The molecular weight excluding hydrogens is 474 g/mol. The largest absolute Gasteiger partial charge is 0.494 e. The van der Waals surface area contributed by atoms with Crippen LogP contribution in [0.2, 0.25) is 0 Å². The Kier molecular flexibility index (Phi) is 7.54. The number of methoxy groups -OCH3 is 2. The highest BCUT2D eigenvalue weighted by Crippen LogP contribution is 2.34. The maximum Gasteiger partial charge on any atom is 0.275 e. The quantitative estimate of drug-likeness (QED) is 0.517. The molecule has 196 valence electrons. The van der Waals surface area contributed by atoms with E-state index in [0.717, 1.165) is 12.0 Å². The molecule has 1 atom stereocenters. The van der Waals surface area contributed by atoms with Gasteiger partial charge in [-0.05, 0) is 44.9 Å². The van der Waals surface area contributed by atoms with Gasteiger partial charge < -0.3 is 24.2 Å². The molecule has 2 aromatic carbocycles. The number of rotatable bonds is 7. The number of nitrogens with zero attached hydrogens (tertiary/aromatic N) is 3. The molecule has 0 spiro atoms. The van der Waals surface area contributed by atoms with E-state index in [-0.39, 0.29) is 24.0 Å². The predicted molar refractivity (Wildman–Crippen MR) is 139 cm³/mol. The lowest BCUT2D eigenvalue weighted by Crippen LogP contribution is -2.37. The summed E-state index contributed by atoms with van der Waals surface area (Å²) in [5.41, 5.74) is -0.266. The van der Waals surface area contributed by atoms with Gasteiger partial charge in [0.2, 0.25) is 5.88 Å². The van der Waals surface area contributed by atoms with Crippen LogP contribution >= 0.6 is 0 Å². The molecule has 0 saturated carbocycles. The standard InChI is InChI=1S/C28H33N3O6/c1-28(2,3)37-17-22-29-25(32)23(26(33)30-15-14-19(16-30)18-10-7-6-8-11-18)27(34)31(22)24-20(35-4)12-9-13-21(24)36-5/h6-13,19,32H,14-17H2,1-5H3/t19-/m0/s1. The van der Waals surface area contributed by atoms with Crippen molar-refractivity contribution < 1.29 is 24.1 Å². The van der Waals surface area contributed by atoms with Gasteiger partial charge >= 0.3 is 0 Å². The number of ether oxygens (including phenoxy) is 3. The van der Waals surface area contributed by atoms with Gasteiger partial charge in [0.25, 0.3) is 11.5 Å². The first-order valence-electron chi connectivity index (χ1n) is 12.2. The van der Waals surface area contributed by atoms with Crippen molar-refractivity contribution in [1.29, 1.82) is 0 Å². The first kappa shape index (κ1) is 26.2. The Morgan fingerprint density at radius 3 is 2.30 bits per heavy atom. The lowest BCUT2D eigenvalue weighted by molar-refractivity contribution is -0.0193. The summed E-state index contributed by atoms with van der Waals surface area (Å²) in [5, 5.41) is 10.8. The van der Waals surface area contributed by atoms with Crippen LogP contribution in [-0.4, -0.2) is 58.4 Å². The Hall–Kier alpha value is -3.85. The highest BCUT2D eigenvalue weighted by molar-refractivity contribution is 5.96. The Morgan fingerprint density at radius 1 is 1.05 bits per heavy atom. The number of likely N-dealkylation sites (tertiary alicyclic amines) is 1. The van der Waals surface area contributed by atoms with Crippen LogP contribution in [-0.2, 0) is 11.3 Å². The van der Waals surface area contributed by atoms with Crippen LogP contribution in [0.3, 0.4) is 0 Å². The molecule has 4 rings (SSSR count). The van der Waals surface area contributed by atoms with E-state index in [9.17, 15) is 14.7 Å². The molecular formula is C28H33N3O6. The van der Waals surface area contributed by atoms with Gasteiger partial charge in [-0.15, -0.1) is 0 Å². The van der Waals surface area contributed by atoms with E-state index in [1.54, 1.807) is 23.1 Å². The normalized spacial score (nSPS) is 15.6. The van der Waals surface area contributed by atoms with Crippen LogP contribution in [0.5, 0.6) is 17.4 Å². The summed E-state index contributed by atoms with van der Waals surface area (Å²) in [7, 11) is 2.95. The van der Waals surface area contributed by atoms with Gasteiger partial charge in [-0.25, -0.2) is 0 Å². The second kappa shape index (κ2) is 10.6. The molecule has 0 unspecified atom stereocenters. The van der Waals surface area contributed by atoms with Crippen molar-refractivity contribution in [3.63, 3.8) is 0 Å². The van der Waals surface area contributed by atoms with Crippen molar-refractivity contribution in [2.24, 2.45) is 0 Å². The Labute approximate surface area is 216 Å². The van der Waals surface area contributed by atoms with Gasteiger partial charge in [-0.1, -0.05) is 36.4 Å². The smallest absolute Gasteiger partial charge is 0.275 e. The maximum absolute atomic E-state index is 14.0. The molecule has 0 aliphatic carbocycles. The van der Waals surface area contributed by atoms with Gasteiger partial charge in [0.05, 0.1) is 19.8 Å². The Morgan fingerprint density at radius 2 is 1.70 bits per heavy atom. The summed E-state index contributed by atoms with van der Waals surface area (Å²) in [6.07, 6.45) is 0.760. The van der Waals surface area contributed by atoms with Crippen LogP contribution < -0.4 is 15.0 Å². The summed E-state index contributed by atoms with van der Waals surface area (Å²) in [5.74, 6) is -0.254. The van der Waals surface area contributed by atoms with Crippen molar-refractivity contribution in [1.82, 2.24) is 14.5 Å². The monoisotopic (exact) mass is 507 g/mol. The zero-order chi connectivity index (χ0) is 26.7. The number of para-hydroxylation sites is 1. The van der Waals surface area contributed by atoms with Gasteiger partial charge in [0.1, 0.15) is 29.6 Å². The van der Waals surface area contributed by atoms with E-state index in [2.05, 4.69) is 4.98 Å². The van der Waals surface area contributed by atoms with Gasteiger partial charge in [0, 0.05) is 19.0 Å². The van der Waals surface area contributed by atoms with Crippen LogP contribution in [0.1, 0.15) is 54.9 Å². The second-order valence-electron chi connectivity index (χ2n) is 9.93. The summed E-state index contributed by atoms with van der Waals surface area (Å²) >= 11 is 0. The number of amides is 1. The third-order valence-electron chi connectivity index (χ3n) is 6.35. The van der Waals surface area contributed by atoms with Crippen molar-refractivity contribution in [3.05, 3.63) is 75.8 Å². The molecule has 1 saturated heterocycles. The average molecular weight is 508 g/mol. The van der Waals surface area contributed by atoms with E-state index in [0.29, 0.717) is 24.6 Å². The summed E-state index contributed by atoms with van der Waals surface area (Å²) in [4.78, 5) is 33.4. The Balaban J connectivity index is 1.81. The molecule has 2 heterocycles. The summed E-state index contributed by atoms with van der Waals surface area (Å²) in [6.45, 7) is 6.41. The number of hydrogen-bond acceptors (Lipinski definition) is 7. The minimum absolute atomic E-state index is 0.0955. The fraction of sp³-hybridized carbons (Fsp3) is 0.393. The molecule has 3 aromatic rings. The molecule has 1 aromatic heterocycles. The van der Waals surface area contributed by atoms with Crippen LogP contribution in [0.4, 0.5) is 0 Å². The van der Waals surface area contributed by atoms with Crippen LogP contribution in [0.15, 0.2) is 53.3 Å². The van der Waals surface area contributed by atoms with Crippen LogP contribution in [0.25, 0.3) is 5.69 Å². The lowest BCUT2D eigenvalue weighted by Gasteiger charge is -2.23. The molecule has 1 fully saturated rings. The van der Waals surface area contributed by atoms with E-state index >= 15 is 0 Å². The number of hydrogen-bond donors (Lipinski definition) is 1. The van der Waals surface area contributed by atoms with E-state index < -0.39 is 28.5 Å². The fourth-order valence-electron chi connectivity index (χ4n) is 4.50. The van der Waals surface area contributed by atoms with Crippen molar-refractivity contribution in [2.75, 3.05) is 27.3 Å². The van der Waals surface area contributed by atoms with Gasteiger partial charge in [0.15, 0.2) is 5.56 Å². The Bertz CT molecular complexity index is 1310. The molecule has 0 radical (unpaired) electrons. The van der Waals surface area contributed by atoms with Gasteiger partial charge in [-0.3, -0.25) is 14.2 Å². The minimum atomic E-state index is -0.726. The van der Waals surface area contributed by atoms with Gasteiger partial charge in [-0.2, -0.15) is 4.98 Å². The first-order valence-corrected chi connectivity index (χ1v) is 12.2. The van der Waals surface area contributed by atoms with E-state index in [1.807, 2.05) is 51.1 Å². The van der Waals surface area contributed by atoms with E-state index in [1.165, 1.54) is 18.8 Å². The number of aromatic nitrogens is 2. The SMILES string of the molecule is COc1cccc(OC)c1-n1c(COC(C)(C)C)nc(O)c(C(=O)N2CC[C@H](c3ccccc3)C2)c1=O. The predicted octanol–water partition coefficient (Wildman–Crippen LogP) is 3.90. The highest BCUT2D eigenvalue weighted by Gasteiger charge is 2.33. The molecule has 1 amide bonds. The molecule has 9 nitrogen and oxygen atoms in total. The van der Waals surface area contributed by atoms with Crippen molar-refractivity contribution in [3.8, 4) is 23.1 Å². The number of carbonyl (C=O) groups is 1. The number of aromatic hydroxyl groups is 1. The highest BCUT2D eigenvalue weighted by atomic mass is 16.5. The first-order chi connectivity index (χ1) is 17.6. The summed E-state index contributed by atoms with van der Waals surface area (Å²) in [6, 6.07) is 15.0. The fourth-order valence-corrected chi connectivity index (χ4v) is 4.50. The maximum atomic E-state index is 14.0. The molecule has 1 aliphatic rings. The second-order valence-corrected chi connectivity index (χ2v) is 9.93. The molecule has 37 heavy (non-hydrogen) atoms. The zero-order valence-corrected chi connectivity index (χ0v) is 21.9. The van der Waals surface area contributed by atoms with Crippen molar-refractivity contribution in [2.45, 2.75) is 45.3 Å².